The van der Waals surface area contributed by atoms with Gasteiger partial charge in [-0.05, 0) is 31.1 Å². The monoisotopic (exact) mass is 196 g/mol. The molecule has 0 aromatic heterocycles. The molecular weight excluding hydrogens is 176 g/mol. The van der Waals surface area contributed by atoms with E-state index >= 15 is 0 Å². The maximum Gasteiger partial charge on any atom is 0.205 e. The predicted molar refractivity (Wildman–Crippen MR) is 57.7 cm³/mol. The molecule has 3 saturated carbocycles. The lowest BCUT2D eigenvalue weighted by Crippen LogP contribution is -2.52. The minimum atomic E-state index is 0.595. The molecule has 4 N–H and O–H groups in total. The van der Waals surface area contributed by atoms with Gasteiger partial charge >= 0.3 is 0 Å². The molecule has 0 aromatic rings. The number of nitrogens with one attached hydrogen (secondary N) is 2. The molecule has 4 heteroatoms. The van der Waals surface area contributed by atoms with Gasteiger partial charge in [0, 0.05) is 13.1 Å². The van der Waals surface area contributed by atoms with Crippen LogP contribution in [0.2, 0.25) is 0 Å². The van der Waals surface area contributed by atoms with Crippen LogP contribution in [-0.2, 0) is 0 Å². The van der Waals surface area contributed by atoms with Gasteiger partial charge in [0.05, 0.1) is 0 Å². The summed E-state index contributed by atoms with van der Waals surface area (Å²) in [5, 5.41) is 3.40. The van der Waals surface area contributed by atoms with Gasteiger partial charge in [-0.3, -0.25) is 10.4 Å². The summed E-state index contributed by atoms with van der Waals surface area (Å²) in [6.45, 7) is 0. The number of hydrogen-bond acceptors (Lipinski definition) is 2. The van der Waals surface area contributed by atoms with E-state index < -0.39 is 0 Å². The van der Waals surface area contributed by atoms with E-state index in [4.69, 9.17) is 5.84 Å². The highest BCUT2D eigenvalue weighted by Gasteiger charge is 2.35. The maximum absolute atomic E-state index is 5.36. The summed E-state index contributed by atoms with van der Waals surface area (Å²) in [5.74, 6) is 7.86. The Morgan fingerprint density at radius 2 is 2.00 bits per heavy atom. The Balaban J connectivity index is 1.92. The smallest absolute Gasteiger partial charge is 0.205 e. The molecule has 0 aliphatic heterocycles. The Labute approximate surface area is 85.3 Å². The molecule has 0 saturated heterocycles. The quantitative estimate of drug-likeness (QED) is 0.249. The van der Waals surface area contributed by atoms with E-state index in [-0.39, 0.29) is 0 Å². The van der Waals surface area contributed by atoms with Crippen molar-refractivity contribution < 1.29 is 0 Å². The van der Waals surface area contributed by atoms with E-state index in [1.807, 2.05) is 0 Å². The lowest BCUT2D eigenvalue weighted by molar-refractivity contribution is 0.135. The number of rotatable bonds is 1. The van der Waals surface area contributed by atoms with E-state index in [9.17, 15) is 0 Å². The lowest BCUT2D eigenvalue weighted by atomic mass is 9.68. The third-order valence-corrected chi connectivity index (χ3v) is 3.73. The highest BCUT2D eigenvalue weighted by atomic mass is 15.3. The van der Waals surface area contributed by atoms with Crippen molar-refractivity contribution >= 4 is 5.96 Å². The second kappa shape index (κ2) is 4.17. The fourth-order valence-electron chi connectivity index (χ4n) is 2.90. The van der Waals surface area contributed by atoms with Gasteiger partial charge in [0.15, 0.2) is 0 Å². The zero-order chi connectivity index (χ0) is 9.97. The summed E-state index contributed by atoms with van der Waals surface area (Å²) in [4.78, 5) is 4.05. The maximum atomic E-state index is 5.36. The van der Waals surface area contributed by atoms with Gasteiger partial charge in [-0.15, -0.1) is 0 Å². The first-order chi connectivity index (χ1) is 6.83. The largest absolute Gasteiger partial charge is 0.352 e. The first kappa shape index (κ1) is 9.77. The molecule has 0 amide bonds. The minimum Gasteiger partial charge on any atom is -0.352 e. The fourth-order valence-corrected chi connectivity index (χ4v) is 2.90. The molecule has 2 bridgehead atoms. The van der Waals surface area contributed by atoms with Crippen molar-refractivity contribution in [3.05, 3.63) is 0 Å². The normalized spacial score (nSPS) is 37.0. The van der Waals surface area contributed by atoms with Crippen LogP contribution in [0.5, 0.6) is 0 Å². The van der Waals surface area contributed by atoms with Crippen LogP contribution in [0, 0.1) is 11.8 Å². The molecule has 3 rings (SSSR count). The average Bonchev–Trinajstić information content (AvgIpc) is 2.27. The second-order valence-electron chi connectivity index (χ2n) is 4.48. The zero-order valence-corrected chi connectivity index (χ0v) is 8.79. The molecule has 14 heavy (non-hydrogen) atoms. The number of hydrogen-bond donors (Lipinski definition) is 3. The number of fused-ring (bicyclic) bond motifs is 3. The first-order valence-electron chi connectivity index (χ1n) is 5.53. The fraction of sp³-hybridized carbons (Fsp3) is 0.900. The molecule has 0 heterocycles. The van der Waals surface area contributed by atoms with Gasteiger partial charge in [0.2, 0.25) is 5.96 Å². The number of nitrogens with two attached hydrogens (primary N) is 1. The highest BCUT2D eigenvalue weighted by Crippen LogP contribution is 2.41. The second-order valence-corrected chi connectivity index (χ2v) is 4.48. The summed E-state index contributed by atoms with van der Waals surface area (Å²) in [5.41, 5.74) is 2.60. The van der Waals surface area contributed by atoms with Crippen molar-refractivity contribution in [3.8, 4) is 0 Å². The molecule has 0 spiro atoms. The Morgan fingerprint density at radius 1 is 1.29 bits per heavy atom. The van der Waals surface area contributed by atoms with E-state index in [0.29, 0.717) is 6.04 Å². The van der Waals surface area contributed by atoms with Gasteiger partial charge < -0.3 is 5.32 Å². The Kier molecular flexibility index (Phi) is 2.91. The van der Waals surface area contributed by atoms with Crippen molar-refractivity contribution in [1.29, 1.82) is 0 Å². The molecule has 0 radical (unpaired) electrons. The van der Waals surface area contributed by atoms with Crippen LogP contribution in [0.4, 0.5) is 0 Å². The molecule has 1 atom stereocenters. The Bertz CT molecular complexity index is 218. The van der Waals surface area contributed by atoms with E-state index in [2.05, 4.69) is 15.7 Å². The molecule has 3 aliphatic rings. The number of nitrogens with zero attached hydrogens (tertiary/aromatic N) is 1. The Hall–Kier alpha value is -0.770. The molecule has 3 fully saturated rings. The van der Waals surface area contributed by atoms with Crippen LogP contribution >= 0.6 is 0 Å². The molecule has 0 aromatic carbocycles. The average molecular weight is 196 g/mol. The topological polar surface area (TPSA) is 62.4 Å². The first-order valence-corrected chi connectivity index (χ1v) is 5.53. The van der Waals surface area contributed by atoms with Crippen molar-refractivity contribution in [2.75, 3.05) is 7.05 Å². The molecule has 1 unspecified atom stereocenters. The van der Waals surface area contributed by atoms with Gasteiger partial charge in [0.25, 0.3) is 0 Å². The summed E-state index contributed by atoms with van der Waals surface area (Å²) in [7, 11) is 1.75. The van der Waals surface area contributed by atoms with Crippen molar-refractivity contribution in [1.82, 2.24) is 10.7 Å². The van der Waals surface area contributed by atoms with Crippen molar-refractivity contribution in [3.63, 3.8) is 0 Å². The van der Waals surface area contributed by atoms with Gasteiger partial charge in [-0.2, -0.15) is 0 Å². The van der Waals surface area contributed by atoms with Crippen LogP contribution in [-0.4, -0.2) is 19.0 Å². The molecule has 80 valence electrons. The number of guanidine groups is 1. The number of aliphatic imine (C=N–C) groups is 1. The van der Waals surface area contributed by atoms with Crippen molar-refractivity contribution in [2.45, 2.75) is 38.1 Å². The van der Waals surface area contributed by atoms with E-state index in [1.165, 1.54) is 32.1 Å². The summed E-state index contributed by atoms with van der Waals surface area (Å²) in [6.07, 6.45) is 6.91. The lowest BCUT2D eigenvalue weighted by Gasteiger charge is -2.42. The zero-order valence-electron chi connectivity index (χ0n) is 8.79. The minimum absolute atomic E-state index is 0.595. The SMILES string of the molecule is CN=C(NN)NC1CC2CCC1CC2. The van der Waals surface area contributed by atoms with Crippen LogP contribution in [0.1, 0.15) is 32.1 Å². The molecule has 3 aliphatic carbocycles. The third-order valence-electron chi connectivity index (χ3n) is 3.73. The van der Waals surface area contributed by atoms with Gasteiger partial charge in [-0.25, -0.2) is 5.84 Å². The van der Waals surface area contributed by atoms with E-state index in [0.717, 1.165) is 17.8 Å². The van der Waals surface area contributed by atoms with Crippen molar-refractivity contribution in [2.24, 2.45) is 22.7 Å². The Morgan fingerprint density at radius 3 is 2.43 bits per heavy atom. The van der Waals surface area contributed by atoms with E-state index in [1.54, 1.807) is 7.05 Å². The molecule has 4 nitrogen and oxygen atoms in total. The standard InChI is InChI=1S/C10H20N4/c1-12-10(14-11)13-9-6-7-2-4-8(9)5-3-7/h7-9H,2-6,11H2,1H3,(H2,12,13,14). The van der Waals surface area contributed by atoms with Crippen LogP contribution in [0.3, 0.4) is 0 Å². The van der Waals surface area contributed by atoms with Gasteiger partial charge in [0.1, 0.15) is 0 Å². The van der Waals surface area contributed by atoms with Crippen LogP contribution in [0.15, 0.2) is 4.99 Å². The predicted octanol–water partition coefficient (Wildman–Crippen LogP) is 0.604. The third kappa shape index (κ3) is 1.85. The van der Waals surface area contributed by atoms with Crippen LogP contribution < -0.4 is 16.6 Å². The van der Waals surface area contributed by atoms with Gasteiger partial charge in [-0.1, -0.05) is 12.8 Å². The number of hydrazine groups is 1. The summed E-state index contributed by atoms with van der Waals surface area (Å²) < 4.78 is 0. The summed E-state index contributed by atoms with van der Waals surface area (Å²) in [6, 6.07) is 0.595. The highest BCUT2D eigenvalue weighted by molar-refractivity contribution is 5.79. The molecular formula is C10H20N4. The van der Waals surface area contributed by atoms with Crippen LogP contribution in [0.25, 0.3) is 0 Å². The summed E-state index contributed by atoms with van der Waals surface area (Å²) >= 11 is 0.